The number of nitrogens with two attached hydrogens (primary N) is 1. The van der Waals surface area contributed by atoms with Crippen LogP contribution in [0.3, 0.4) is 0 Å². The number of hydrogen-bond donors (Lipinski definition) is 2. The van der Waals surface area contributed by atoms with E-state index in [1.807, 2.05) is 24.5 Å². The molecule has 25 heavy (non-hydrogen) atoms. The van der Waals surface area contributed by atoms with Crippen LogP contribution in [-0.4, -0.2) is 24.6 Å². The third-order valence-corrected chi connectivity index (χ3v) is 7.05. The van der Waals surface area contributed by atoms with Gasteiger partial charge in [0.2, 0.25) is 10.0 Å². The molecule has 4 aromatic rings. The minimum Gasteiger partial charge on any atom is -0.307 e. The van der Waals surface area contributed by atoms with Crippen LogP contribution < -0.4 is 10.5 Å². The molecule has 0 amide bonds. The van der Waals surface area contributed by atoms with Gasteiger partial charge >= 0.3 is 0 Å². The van der Waals surface area contributed by atoms with Crippen LogP contribution in [0.5, 0.6) is 0 Å². The fourth-order valence-corrected chi connectivity index (χ4v) is 5.47. The Morgan fingerprint density at radius 1 is 1.08 bits per heavy atom. The highest BCUT2D eigenvalue weighted by atomic mass is 32.2. The fourth-order valence-electron chi connectivity index (χ4n) is 2.37. The molecule has 0 aliphatic rings. The summed E-state index contributed by atoms with van der Waals surface area (Å²) in [5.41, 5.74) is 1.69. The van der Waals surface area contributed by atoms with Gasteiger partial charge in [-0.05, 0) is 36.6 Å². The largest absolute Gasteiger partial charge is 0.307 e. The number of nitrogens with zero attached hydrogens (tertiary/aromatic N) is 2. The number of rotatable bonds is 4. The van der Waals surface area contributed by atoms with E-state index in [4.69, 9.17) is 5.14 Å². The Kier molecular flexibility index (Phi) is 4.16. The number of primary sulfonamides is 1. The lowest BCUT2D eigenvalue weighted by Gasteiger charge is -1.95. The Morgan fingerprint density at radius 2 is 1.84 bits per heavy atom. The van der Waals surface area contributed by atoms with Gasteiger partial charge in [-0.3, -0.25) is 0 Å². The van der Waals surface area contributed by atoms with E-state index in [1.54, 1.807) is 29.2 Å². The van der Waals surface area contributed by atoms with Gasteiger partial charge in [0.15, 0.2) is 10.3 Å². The lowest BCUT2D eigenvalue weighted by Crippen LogP contribution is -2.11. The number of aromatic nitrogens is 2. The minimum absolute atomic E-state index is 0.0831. The standard InChI is InChI=1S/C15H12N4O2S4/c1-22-10-3-2-4-11-13(10)18-15(23-11)19-14-17-9-6-5-8(25(16,20)21)7-12(9)24-14/h2-7H,1H3,(H2,16,20,21)(H,17,18,19). The van der Waals surface area contributed by atoms with Crippen LogP contribution in [0.25, 0.3) is 20.4 Å². The summed E-state index contributed by atoms with van der Waals surface area (Å²) in [5.74, 6) is 0. The van der Waals surface area contributed by atoms with Gasteiger partial charge in [0.1, 0.15) is 0 Å². The second-order valence-electron chi connectivity index (χ2n) is 5.14. The van der Waals surface area contributed by atoms with Gasteiger partial charge in [-0.1, -0.05) is 28.7 Å². The number of fused-ring (bicyclic) bond motifs is 2. The molecule has 10 heteroatoms. The Bertz CT molecular complexity index is 1200. The van der Waals surface area contributed by atoms with E-state index in [0.29, 0.717) is 10.6 Å². The summed E-state index contributed by atoms with van der Waals surface area (Å²) in [6.45, 7) is 0. The molecule has 2 heterocycles. The zero-order valence-corrected chi connectivity index (χ0v) is 16.2. The first kappa shape index (κ1) is 16.7. The van der Waals surface area contributed by atoms with Crippen molar-refractivity contribution >= 4 is 75.2 Å². The summed E-state index contributed by atoms with van der Waals surface area (Å²) < 4.78 is 24.8. The molecule has 0 aliphatic carbocycles. The summed E-state index contributed by atoms with van der Waals surface area (Å²) in [6.07, 6.45) is 2.03. The topological polar surface area (TPSA) is 98.0 Å². The quantitative estimate of drug-likeness (QED) is 0.495. The van der Waals surface area contributed by atoms with Crippen LogP contribution in [-0.2, 0) is 10.0 Å². The van der Waals surface area contributed by atoms with Crippen molar-refractivity contribution in [2.75, 3.05) is 11.6 Å². The van der Waals surface area contributed by atoms with Crippen LogP contribution in [0.1, 0.15) is 0 Å². The van der Waals surface area contributed by atoms with E-state index in [-0.39, 0.29) is 4.90 Å². The van der Waals surface area contributed by atoms with E-state index in [1.165, 1.54) is 23.5 Å². The molecule has 0 unspecified atom stereocenters. The number of hydrogen-bond acceptors (Lipinski definition) is 8. The van der Waals surface area contributed by atoms with Crippen LogP contribution in [0.15, 0.2) is 46.2 Å². The number of para-hydroxylation sites is 1. The van der Waals surface area contributed by atoms with E-state index in [9.17, 15) is 8.42 Å². The molecule has 6 nitrogen and oxygen atoms in total. The van der Waals surface area contributed by atoms with Gasteiger partial charge < -0.3 is 5.32 Å². The summed E-state index contributed by atoms with van der Waals surface area (Å²) in [7, 11) is -3.72. The molecule has 4 rings (SSSR count). The van der Waals surface area contributed by atoms with Crippen LogP contribution in [0.2, 0.25) is 0 Å². The Morgan fingerprint density at radius 3 is 2.60 bits per heavy atom. The van der Waals surface area contributed by atoms with E-state index in [0.717, 1.165) is 24.9 Å². The van der Waals surface area contributed by atoms with Gasteiger partial charge in [-0.25, -0.2) is 23.5 Å². The molecule has 0 radical (unpaired) electrons. The maximum absolute atomic E-state index is 11.5. The van der Waals surface area contributed by atoms with Crippen molar-refractivity contribution < 1.29 is 8.42 Å². The van der Waals surface area contributed by atoms with Crippen molar-refractivity contribution in [3.63, 3.8) is 0 Å². The SMILES string of the molecule is CSc1cccc2sc(Nc3nc4ccc(S(N)(=O)=O)cc4s3)nc12. The molecule has 3 N–H and O–H groups in total. The molecule has 0 saturated carbocycles. The van der Waals surface area contributed by atoms with E-state index < -0.39 is 10.0 Å². The van der Waals surface area contributed by atoms with E-state index in [2.05, 4.69) is 15.3 Å². The maximum atomic E-state index is 11.5. The number of thiazole rings is 2. The van der Waals surface area contributed by atoms with Crippen molar-refractivity contribution in [1.82, 2.24) is 9.97 Å². The average molecular weight is 409 g/mol. The normalized spacial score (nSPS) is 12.1. The molecule has 0 spiro atoms. The second kappa shape index (κ2) is 6.22. The highest BCUT2D eigenvalue weighted by Crippen LogP contribution is 2.35. The molecule has 0 fully saturated rings. The molecular formula is C15H12N4O2S4. The molecule has 128 valence electrons. The maximum Gasteiger partial charge on any atom is 0.238 e. The van der Waals surface area contributed by atoms with Crippen molar-refractivity contribution in [3.05, 3.63) is 36.4 Å². The predicted molar refractivity (Wildman–Crippen MR) is 106 cm³/mol. The van der Waals surface area contributed by atoms with Crippen molar-refractivity contribution in [2.45, 2.75) is 9.79 Å². The molecule has 0 bridgehead atoms. The first-order valence-electron chi connectivity index (χ1n) is 7.08. The van der Waals surface area contributed by atoms with Gasteiger partial charge in [0.05, 0.1) is 25.3 Å². The lowest BCUT2D eigenvalue weighted by atomic mass is 10.3. The zero-order valence-electron chi connectivity index (χ0n) is 12.9. The number of benzene rings is 2. The van der Waals surface area contributed by atoms with Crippen LogP contribution in [0, 0.1) is 0 Å². The molecule has 0 saturated heterocycles. The third kappa shape index (κ3) is 3.23. The zero-order chi connectivity index (χ0) is 17.6. The fraction of sp³-hybridized carbons (Fsp3) is 0.0667. The highest BCUT2D eigenvalue weighted by Gasteiger charge is 2.13. The van der Waals surface area contributed by atoms with Crippen LogP contribution >= 0.6 is 34.4 Å². The highest BCUT2D eigenvalue weighted by molar-refractivity contribution is 7.98. The molecule has 2 aromatic carbocycles. The Hall–Kier alpha value is -1.72. The van der Waals surface area contributed by atoms with Crippen molar-refractivity contribution in [2.24, 2.45) is 5.14 Å². The number of anilines is 2. The smallest absolute Gasteiger partial charge is 0.238 e. The molecule has 2 aromatic heterocycles. The van der Waals surface area contributed by atoms with Gasteiger partial charge in [0.25, 0.3) is 0 Å². The number of nitrogens with one attached hydrogen (secondary N) is 1. The summed E-state index contributed by atoms with van der Waals surface area (Å²) in [4.78, 5) is 10.3. The van der Waals surface area contributed by atoms with E-state index >= 15 is 0 Å². The van der Waals surface area contributed by atoms with Gasteiger partial charge in [0, 0.05) is 4.90 Å². The first-order chi connectivity index (χ1) is 11.9. The molecule has 0 aliphatic heterocycles. The number of sulfonamides is 1. The molecule has 0 atom stereocenters. The average Bonchev–Trinajstić information content (AvgIpc) is 3.15. The third-order valence-electron chi connectivity index (χ3n) is 3.50. The Labute approximate surface area is 156 Å². The van der Waals surface area contributed by atoms with Crippen LogP contribution in [0.4, 0.5) is 10.3 Å². The van der Waals surface area contributed by atoms with Crippen molar-refractivity contribution in [1.29, 1.82) is 0 Å². The predicted octanol–water partition coefficient (Wildman–Crippen LogP) is 4.02. The molecular weight excluding hydrogens is 396 g/mol. The summed E-state index contributed by atoms with van der Waals surface area (Å²) in [6, 6.07) is 10.8. The van der Waals surface area contributed by atoms with Crippen molar-refractivity contribution in [3.8, 4) is 0 Å². The second-order valence-corrected chi connectivity index (χ2v) is 9.62. The lowest BCUT2D eigenvalue weighted by molar-refractivity contribution is 0.598. The Balaban J connectivity index is 1.71. The van der Waals surface area contributed by atoms with Gasteiger partial charge in [-0.2, -0.15) is 0 Å². The summed E-state index contributed by atoms with van der Waals surface area (Å²) >= 11 is 4.58. The first-order valence-corrected chi connectivity index (χ1v) is 11.5. The van der Waals surface area contributed by atoms with Gasteiger partial charge in [-0.15, -0.1) is 11.8 Å². The minimum atomic E-state index is -3.72. The number of thioether (sulfide) groups is 1. The monoisotopic (exact) mass is 408 g/mol. The summed E-state index contributed by atoms with van der Waals surface area (Å²) in [5, 5.41) is 9.81.